The van der Waals surface area contributed by atoms with Crippen LogP contribution in [-0.2, 0) is 4.74 Å². The first-order valence-corrected chi connectivity index (χ1v) is 6.32. The molecule has 98 valence electrons. The van der Waals surface area contributed by atoms with E-state index in [1.165, 1.54) is 0 Å². The molecule has 2 aromatic rings. The largest absolute Gasteiger partial charge is 0.467 e. The molecule has 0 spiro atoms. The third kappa shape index (κ3) is 4.12. The maximum absolute atomic E-state index is 5.85. The van der Waals surface area contributed by atoms with Crippen LogP contribution in [0.1, 0.15) is 11.1 Å². The minimum atomic E-state index is 0.242. The van der Waals surface area contributed by atoms with Crippen LogP contribution in [0.5, 0.6) is 5.75 Å². The lowest BCUT2D eigenvalue weighted by molar-refractivity contribution is 0.0510. The van der Waals surface area contributed by atoms with Crippen LogP contribution in [-0.4, -0.2) is 13.9 Å². The molecular weight excluding hydrogens is 260 g/mol. The van der Waals surface area contributed by atoms with Crippen LogP contribution in [0.4, 0.5) is 0 Å². The Bertz CT molecular complexity index is 547. The lowest BCUT2D eigenvalue weighted by Crippen LogP contribution is -1.99. The highest BCUT2D eigenvalue weighted by molar-refractivity contribution is 6.30. The lowest BCUT2D eigenvalue weighted by Gasteiger charge is -2.07. The summed E-state index contributed by atoms with van der Waals surface area (Å²) in [6.45, 7) is 0.242. The van der Waals surface area contributed by atoms with Crippen molar-refractivity contribution in [2.75, 3.05) is 13.9 Å². The van der Waals surface area contributed by atoms with Crippen molar-refractivity contribution >= 4 is 23.8 Å². The van der Waals surface area contributed by atoms with Crippen molar-refractivity contribution in [3.63, 3.8) is 0 Å². The van der Waals surface area contributed by atoms with Gasteiger partial charge in [0.05, 0.1) is 0 Å². The molecule has 2 rings (SSSR count). The highest BCUT2D eigenvalue weighted by Crippen LogP contribution is 2.21. The van der Waals surface area contributed by atoms with E-state index in [0.717, 1.165) is 21.9 Å². The second kappa shape index (κ2) is 6.98. The van der Waals surface area contributed by atoms with E-state index >= 15 is 0 Å². The zero-order valence-electron chi connectivity index (χ0n) is 10.7. The third-order valence-electron chi connectivity index (χ3n) is 2.58. The number of hydrogen-bond donors (Lipinski definition) is 0. The van der Waals surface area contributed by atoms with E-state index in [0.29, 0.717) is 0 Å². The van der Waals surface area contributed by atoms with Crippen molar-refractivity contribution in [1.29, 1.82) is 0 Å². The van der Waals surface area contributed by atoms with Gasteiger partial charge in [-0.25, -0.2) is 0 Å². The minimum absolute atomic E-state index is 0.242. The smallest absolute Gasteiger partial charge is 0.188 e. The molecule has 0 unspecified atom stereocenters. The molecule has 0 aromatic heterocycles. The van der Waals surface area contributed by atoms with Crippen molar-refractivity contribution in [3.05, 3.63) is 64.7 Å². The number of para-hydroxylation sites is 1. The molecule has 0 saturated heterocycles. The standard InChI is InChI=1S/C16H15ClO2/c1-18-12-19-16-5-3-2-4-14(16)9-6-13-7-10-15(17)11-8-13/h2-11H,12H2,1H3/b9-6-. The van der Waals surface area contributed by atoms with Gasteiger partial charge >= 0.3 is 0 Å². The van der Waals surface area contributed by atoms with Crippen LogP contribution < -0.4 is 4.74 Å². The first-order valence-electron chi connectivity index (χ1n) is 5.94. The zero-order chi connectivity index (χ0) is 13.5. The number of hydrogen-bond acceptors (Lipinski definition) is 2. The van der Waals surface area contributed by atoms with Crippen LogP contribution in [0.2, 0.25) is 5.02 Å². The molecule has 0 aliphatic heterocycles. The molecule has 0 fully saturated rings. The van der Waals surface area contributed by atoms with Gasteiger partial charge < -0.3 is 9.47 Å². The average molecular weight is 275 g/mol. The summed E-state index contributed by atoms with van der Waals surface area (Å²) < 4.78 is 10.4. The Hall–Kier alpha value is -1.77. The van der Waals surface area contributed by atoms with Gasteiger partial charge in [-0.05, 0) is 23.8 Å². The van der Waals surface area contributed by atoms with Crippen molar-refractivity contribution in [3.8, 4) is 5.75 Å². The van der Waals surface area contributed by atoms with Gasteiger partial charge in [0.1, 0.15) is 5.75 Å². The summed E-state index contributed by atoms with van der Waals surface area (Å²) >= 11 is 5.85. The Morgan fingerprint density at radius 3 is 2.47 bits per heavy atom. The molecule has 2 aromatic carbocycles. The van der Waals surface area contributed by atoms with Crippen molar-refractivity contribution in [1.82, 2.24) is 0 Å². The van der Waals surface area contributed by atoms with Crippen LogP contribution in [0.25, 0.3) is 12.2 Å². The Morgan fingerprint density at radius 1 is 1.00 bits per heavy atom. The Morgan fingerprint density at radius 2 is 1.74 bits per heavy atom. The van der Waals surface area contributed by atoms with Gasteiger partial charge in [-0.15, -0.1) is 0 Å². The number of halogens is 1. The maximum atomic E-state index is 5.85. The molecular formula is C16H15ClO2. The molecule has 0 bridgehead atoms. The Kier molecular flexibility index (Phi) is 5.01. The van der Waals surface area contributed by atoms with Crippen molar-refractivity contribution in [2.24, 2.45) is 0 Å². The fourth-order valence-corrected chi connectivity index (χ4v) is 1.76. The number of methoxy groups -OCH3 is 1. The van der Waals surface area contributed by atoms with E-state index in [-0.39, 0.29) is 6.79 Å². The van der Waals surface area contributed by atoms with E-state index < -0.39 is 0 Å². The Labute approximate surface area is 118 Å². The van der Waals surface area contributed by atoms with E-state index in [1.807, 2.05) is 60.7 Å². The molecule has 0 heterocycles. The molecule has 2 nitrogen and oxygen atoms in total. The molecule has 0 aliphatic rings. The minimum Gasteiger partial charge on any atom is -0.467 e. The van der Waals surface area contributed by atoms with E-state index in [9.17, 15) is 0 Å². The summed E-state index contributed by atoms with van der Waals surface area (Å²) in [5.74, 6) is 0.801. The maximum Gasteiger partial charge on any atom is 0.188 e. The molecule has 19 heavy (non-hydrogen) atoms. The summed E-state index contributed by atoms with van der Waals surface area (Å²) in [4.78, 5) is 0. The second-order valence-corrected chi connectivity index (χ2v) is 4.41. The molecule has 0 saturated carbocycles. The van der Waals surface area contributed by atoms with Crippen LogP contribution >= 0.6 is 11.6 Å². The predicted octanol–water partition coefficient (Wildman–Crippen LogP) is 4.49. The van der Waals surface area contributed by atoms with Crippen LogP contribution in [0, 0.1) is 0 Å². The molecule has 0 radical (unpaired) electrons. The van der Waals surface area contributed by atoms with Gasteiger partial charge in [0.25, 0.3) is 0 Å². The summed E-state index contributed by atoms with van der Waals surface area (Å²) in [5.41, 5.74) is 2.10. The van der Waals surface area contributed by atoms with Gasteiger partial charge in [-0.1, -0.05) is 54.1 Å². The van der Waals surface area contributed by atoms with Crippen molar-refractivity contribution < 1.29 is 9.47 Å². The SMILES string of the molecule is COCOc1ccccc1/C=C\c1ccc(Cl)cc1. The van der Waals surface area contributed by atoms with Crippen molar-refractivity contribution in [2.45, 2.75) is 0 Å². The topological polar surface area (TPSA) is 18.5 Å². The third-order valence-corrected chi connectivity index (χ3v) is 2.83. The van der Waals surface area contributed by atoms with E-state index in [1.54, 1.807) is 7.11 Å². The number of benzene rings is 2. The summed E-state index contributed by atoms with van der Waals surface area (Å²) in [6.07, 6.45) is 4.03. The monoisotopic (exact) mass is 274 g/mol. The Balaban J connectivity index is 2.15. The fraction of sp³-hybridized carbons (Fsp3) is 0.125. The quantitative estimate of drug-likeness (QED) is 0.591. The second-order valence-electron chi connectivity index (χ2n) is 3.97. The molecule has 0 amide bonds. The first-order chi connectivity index (χ1) is 9.29. The lowest BCUT2D eigenvalue weighted by atomic mass is 10.1. The van der Waals surface area contributed by atoms with Crippen LogP contribution in [0.3, 0.4) is 0 Å². The van der Waals surface area contributed by atoms with Gasteiger partial charge in [0.15, 0.2) is 6.79 Å². The summed E-state index contributed by atoms with van der Waals surface area (Å²) in [7, 11) is 1.60. The normalized spacial score (nSPS) is 10.8. The zero-order valence-corrected chi connectivity index (χ0v) is 11.4. The molecule has 0 N–H and O–H groups in total. The molecule has 0 aliphatic carbocycles. The molecule has 3 heteroatoms. The fourth-order valence-electron chi connectivity index (χ4n) is 1.63. The molecule has 0 atom stereocenters. The first kappa shape index (κ1) is 13.7. The highest BCUT2D eigenvalue weighted by Gasteiger charge is 1.98. The summed E-state index contributed by atoms with van der Waals surface area (Å²) in [6, 6.07) is 15.5. The van der Waals surface area contributed by atoms with Gasteiger partial charge in [-0.3, -0.25) is 0 Å². The van der Waals surface area contributed by atoms with Gasteiger partial charge in [-0.2, -0.15) is 0 Å². The highest BCUT2D eigenvalue weighted by atomic mass is 35.5. The van der Waals surface area contributed by atoms with Gasteiger partial charge in [0.2, 0.25) is 0 Å². The average Bonchev–Trinajstić information content (AvgIpc) is 2.45. The predicted molar refractivity (Wildman–Crippen MR) is 79.3 cm³/mol. The van der Waals surface area contributed by atoms with Crippen LogP contribution in [0.15, 0.2) is 48.5 Å². The number of rotatable bonds is 5. The van der Waals surface area contributed by atoms with Gasteiger partial charge in [0, 0.05) is 17.7 Å². The van der Waals surface area contributed by atoms with E-state index in [2.05, 4.69) is 0 Å². The number of ether oxygens (including phenoxy) is 2. The van der Waals surface area contributed by atoms with E-state index in [4.69, 9.17) is 21.1 Å². The summed E-state index contributed by atoms with van der Waals surface area (Å²) in [5, 5.41) is 0.737.